The monoisotopic (exact) mass is 764 g/mol. The van der Waals surface area contributed by atoms with E-state index >= 15 is 0 Å². The minimum atomic E-state index is -0.735. The second-order valence-corrected chi connectivity index (χ2v) is 9.66. The lowest BCUT2D eigenvalue weighted by Crippen LogP contribution is -2.36. The number of carbonyl (C=O) groups excluding carboxylic acids is 9. The first kappa shape index (κ1) is 49.5. The number of hydrogen-bond donors (Lipinski definition) is 0. The van der Waals surface area contributed by atoms with E-state index in [1.54, 1.807) is 6.08 Å². The Kier molecular flexibility index (Phi) is 25.7. The molecule has 3 unspecified atom stereocenters. The Balaban J connectivity index is 0. The average molecular weight is 765 g/mol. The second kappa shape index (κ2) is 28.1. The molecule has 3 atom stereocenters. The normalized spacial score (nSPS) is 15.0. The Morgan fingerprint density at radius 1 is 0.537 bits per heavy atom. The van der Waals surface area contributed by atoms with Crippen molar-refractivity contribution in [2.45, 2.75) is 6.42 Å². The number of esters is 9. The van der Waals surface area contributed by atoms with Gasteiger partial charge in [-0.1, -0.05) is 30.9 Å². The summed E-state index contributed by atoms with van der Waals surface area (Å²) in [4.78, 5) is 99.7. The number of allylic oxidation sites excluding steroid dienone is 2. The maximum atomic E-state index is 11.6. The molecular weight excluding hydrogens is 720 g/mol. The molecule has 0 amide bonds. The number of ether oxygens (including phenoxy) is 9. The van der Waals surface area contributed by atoms with Crippen LogP contribution >= 0.6 is 0 Å². The Morgan fingerprint density at radius 2 is 1.00 bits per heavy atom. The quantitative estimate of drug-likeness (QED) is 0.109. The second-order valence-electron chi connectivity index (χ2n) is 9.66. The molecule has 18 nitrogen and oxygen atoms in total. The van der Waals surface area contributed by atoms with Crippen LogP contribution in [0.2, 0.25) is 0 Å². The highest BCUT2D eigenvalue weighted by Gasteiger charge is 2.40. The molecule has 0 heterocycles. The highest BCUT2D eigenvalue weighted by Crippen LogP contribution is 2.31. The van der Waals surface area contributed by atoms with Crippen LogP contribution in [0.1, 0.15) is 37.5 Å². The molecule has 2 rings (SSSR count). The molecule has 18 heteroatoms. The first-order chi connectivity index (χ1) is 25.6. The van der Waals surface area contributed by atoms with E-state index in [2.05, 4.69) is 49.2 Å². The first-order valence-electron chi connectivity index (χ1n) is 15.1. The van der Waals surface area contributed by atoms with E-state index in [-0.39, 0.29) is 23.1 Å². The van der Waals surface area contributed by atoms with Crippen molar-refractivity contribution < 1.29 is 85.8 Å². The third-order valence-corrected chi connectivity index (χ3v) is 6.57. The number of hydrogen-bond acceptors (Lipinski definition) is 18. The maximum absolute atomic E-state index is 11.6. The van der Waals surface area contributed by atoms with E-state index in [1.165, 1.54) is 113 Å². The zero-order chi connectivity index (χ0) is 41.8. The molecule has 296 valence electrons. The predicted octanol–water partition coefficient (Wildman–Crippen LogP) is 2.15. The summed E-state index contributed by atoms with van der Waals surface area (Å²) in [6.45, 7) is 3.16. The van der Waals surface area contributed by atoms with Gasteiger partial charge >= 0.3 is 53.7 Å². The van der Waals surface area contributed by atoms with Crippen molar-refractivity contribution in [3.05, 3.63) is 84.0 Å². The van der Waals surface area contributed by atoms with Crippen molar-refractivity contribution in [3.63, 3.8) is 0 Å². The molecule has 1 aliphatic rings. The highest BCUT2D eigenvalue weighted by molar-refractivity contribution is 6.05. The molecule has 0 fully saturated rings. The molecule has 1 aliphatic carbocycles. The van der Waals surface area contributed by atoms with Crippen molar-refractivity contribution in [2.24, 2.45) is 17.8 Å². The van der Waals surface area contributed by atoms with E-state index in [0.717, 1.165) is 6.08 Å². The van der Waals surface area contributed by atoms with Crippen molar-refractivity contribution in [3.8, 4) is 0 Å². The largest absolute Gasteiger partial charge is 0.469 e. The van der Waals surface area contributed by atoms with Gasteiger partial charge in [0.15, 0.2) is 0 Å². The van der Waals surface area contributed by atoms with Crippen LogP contribution in [-0.2, 0) is 71.4 Å². The van der Waals surface area contributed by atoms with Crippen LogP contribution in [-0.4, -0.2) is 118 Å². The van der Waals surface area contributed by atoms with Crippen molar-refractivity contribution >= 4 is 53.7 Å². The van der Waals surface area contributed by atoms with E-state index in [0.29, 0.717) is 0 Å². The number of methoxy groups -OCH3 is 9. The smallest absolute Gasteiger partial charge is 0.338 e. The van der Waals surface area contributed by atoms with Gasteiger partial charge in [-0.25, -0.2) is 28.8 Å². The fraction of sp³-hybridized carbons (Fsp3) is 0.361. The Labute approximate surface area is 311 Å². The van der Waals surface area contributed by atoms with Gasteiger partial charge in [-0.15, -0.1) is 0 Å². The van der Waals surface area contributed by atoms with Gasteiger partial charge in [-0.3, -0.25) is 14.4 Å². The SMILES string of the molecule is C=CC(=O)OC.COC(=O)/C=C/C=C/C(=O)OC.COC(=O)C1C=CC(C(=O)OC)C(C(=O)OC)C1.COC(=O)c1ccc(C(=O)OC)c(C(=O)OC)c1. The molecule has 1 aromatic rings. The molecular formula is C36H44O18. The minimum Gasteiger partial charge on any atom is -0.469 e. The molecule has 0 aromatic heterocycles. The van der Waals surface area contributed by atoms with Gasteiger partial charge in [-0.05, 0) is 24.6 Å². The van der Waals surface area contributed by atoms with Gasteiger partial charge in [0.25, 0.3) is 0 Å². The third kappa shape index (κ3) is 18.1. The van der Waals surface area contributed by atoms with Gasteiger partial charge < -0.3 is 42.6 Å². The number of rotatable bonds is 10. The lowest BCUT2D eigenvalue weighted by molar-refractivity contribution is -0.158. The van der Waals surface area contributed by atoms with Crippen LogP contribution < -0.4 is 0 Å². The summed E-state index contributed by atoms with van der Waals surface area (Å²) in [5, 5.41) is 0. The molecule has 1 aromatic carbocycles. The van der Waals surface area contributed by atoms with Gasteiger partial charge in [-0.2, -0.15) is 0 Å². The summed E-state index contributed by atoms with van der Waals surface area (Å²) in [5.74, 6) is -6.86. The predicted molar refractivity (Wildman–Crippen MR) is 185 cm³/mol. The highest BCUT2D eigenvalue weighted by atomic mass is 16.6. The van der Waals surface area contributed by atoms with E-state index < -0.39 is 71.5 Å². The van der Waals surface area contributed by atoms with E-state index in [9.17, 15) is 43.2 Å². The molecule has 0 bridgehead atoms. The van der Waals surface area contributed by atoms with Gasteiger partial charge in [0.05, 0.1) is 98.4 Å². The summed E-state index contributed by atoms with van der Waals surface area (Å²) < 4.78 is 40.2. The summed E-state index contributed by atoms with van der Waals surface area (Å²) in [6, 6.07) is 3.90. The lowest BCUT2D eigenvalue weighted by atomic mass is 9.79. The average Bonchev–Trinajstić information content (AvgIpc) is 3.22. The molecule has 0 radical (unpaired) electrons. The molecule has 0 spiro atoms. The van der Waals surface area contributed by atoms with Crippen LogP contribution in [0, 0.1) is 17.8 Å². The summed E-state index contributed by atoms with van der Waals surface area (Å²) >= 11 is 0. The van der Waals surface area contributed by atoms with Gasteiger partial charge in [0.1, 0.15) is 0 Å². The fourth-order valence-electron chi connectivity index (χ4n) is 3.83. The maximum Gasteiger partial charge on any atom is 0.338 e. The van der Waals surface area contributed by atoms with E-state index in [4.69, 9.17) is 0 Å². The summed E-state index contributed by atoms with van der Waals surface area (Å²) in [7, 11) is 11.2. The molecule has 0 saturated carbocycles. The Morgan fingerprint density at radius 3 is 1.39 bits per heavy atom. The van der Waals surface area contributed by atoms with Crippen LogP contribution in [0.3, 0.4) is 0 Å². The zero-order valence-corrected chi connectivity index (χ0v) is 31.3. The standard InChI is InChI=1S/C12H16O6.C12H12O6.C8H10O4.C4H6O2/c2*1-16-10(13)7-4-5-8(11(14)17-2)9(6-7)12(15)18-3;1-11-7(9)5-3-4-6-8(10)12-2;1-3-4(5)6-2/h4-5,7-9H,6H2,1-3H3;4-6H,1-3H3;3-6H,1-2H3;3H,1H2,2H3/b;;5-3+,6-4+;. The van der Waals surface area contributed by atoms with Crippen molar-refractivity contribution in [2.75, 3.05) is 64.0 Å². The van der Waals surface area contributed by atoms with Crippen molar-refractivity contribution in [1.29, 1.82) is 0 Å². The van der Waals surface area contributed by atoms with Crippen LogP contribution in [0.5, 0.6) is 0 Å². The molecule has 54 heavy (non-hydrogen) atoms. The molecule has 0 N–H and O–H groups in total. The summed E-state index contributed by atoms with van der Waals surface area (Å²) in [6.07, 6.45) is 9.52. The number of benzene rings is 1. The zero-order valence-electron chi connectivity index (χ0n) is 31.3. The Bertz CT molecular complexity index is 1540. The first-order valence-corrected chi connectivity index (χ1v) is 15.1. The number of carbonyl (C=O) groups is 9. The topological polar surface area (TPSA) is 237 Å². The van der Waals surface area contributed by atoms with Crippen LogP contribution in [0.25, 0.3) is 0 Å². The van der Waals surface area contributed by atoms with Crippen molar-refractivity contribution in [1.82, 2.24) is 0 Å². The van der Waals surface area contributed by atoms with E-state index in [1.807, 2.05) is 0 Å². The fourth-order valence-corrected chi connectivity index (χ4v) is 3.83. The summed E-state index contributed by atoms with van der Waals surface area (Å²) in [5.41, 5.74) is 0.120. The van der Waals surface area contributed by atoms with Gasteiger partial charge in [0, 0.05) is 18.2 Å². The van der Waals surface area contributed by atoms with Crippen LogP contribution in [0.4, 0.5) is 0 Å². The van der Waals surface area contributed by atoms with Crippen LogP contribution in [0.15, 0.2) is 67.3 Å². The molecule has 0 aliphatic heterocycles. The third-order valence-electron chi connectivity index (χ3n) is 6.57. The lowest BCUT2D eigenvalue weighted by Gasteiger charge is -2.27. The Hall–Kier alpha value is -6.59. The van der Waals surface area contributed by atoms with Gasteiger partial charge in [0.2, 0.25) is 0 Å². The molecule has 0 saturated heterocycles. The minimum absolute atomic E-state index is 0.0250.